The SMILES string of the molecule is C=C(C)CCOC1CCC(=O)C1. The van der Waals surface area contributed by atoms with E-state index >= 15 is 0 Å². The quantitative estimate of drug-likeness (QED) is 0.601. The van der Waals surface area contributed by atoms with E-state index in [4.69, 9.17) is 4.74 Å². The van der Waals surface area contributed by atoms with Gasteiger partial charge in [0, 0.05) is 12.8 Å². The van der Waals surface area contributed by atoms with E-state index in [1.54, 1.807) is 0 Å². The molecule has 2 nitrogen and oxygen atoms in total. The Balaban J connectivity index is 2.08. The molecule has 0 spiro atoms. The number of carbonyl (C=O) groups excluding carboxylic acids is 1. The molecule has 0 aliphatic heterocycles. The first-order chi connectivity index (χ1) is 5.68. The van der Waals surface area contributed by atoms with Crippen LogP contribution < -0.4 is 0 Å². The van der Waals surface area contributed by atoms with Gasteiger partial charge in [-0.15, -0.1) is 6.58 Å². The second-order valence-electron chi connectivity index (χ2n) is 3.48. The van der Waals surface area contributed by atoms with Gasteiger partial charge in [-0.2, -0.15) is 0 Å². The molecular weight excluding hydrogens is 152 g/mol. The van der Waals surface area contributed by atoms with Gasteiger partial charge < -0.3 is 4.74 Å². The highest BCUT2D eigenvalue weighted by molar-refractivity contribution is 5.81. The van der Waals surface area contributed by atoms with Crippen molar-refractivity contribution in [2.24, 2.45) is 0 Å². The summed E-state index contributed by atoms with van der Waals surface area (Å²) in [6.07, 6.45) is 3.34. The molecule has 1 aliphatic rings. The zero-order chi connectivity index (χ0) is 8.97. The lowest BCUT2D eigenvalue weighted by atomic mass is 10.2. The molecule has 0 saturated heterocycles. The van der Waals surface area contributed by atoms with E-state index < -0.39 is 0 Å². The van der Waals surface area contributed by atoms with Gasteiger partial charge in [0.25, 0.3) is 0 Å². The maximum Gasteiger partial charge on any atom is 0.135 e. The lowest BCUT2D eigenvalue weighted by Crippen LogP contribution is -2.09. The van der Waals surface area contributed by atoms with Crippen molar-refractivity contribution in [2.45, 2.75) is 38.7 Å². The molecule has 1 rings (SSSR count). The van der Waals surface area contributed by atoms with Gasteiger partial charge >= 0.3 is 0 Å². The highest BCUT2D eigenvalue weighted by Gasteiger charge is 2.21. The fourth-order valence-corrected chi connectivity index (χ4v) is 1.32. The van der Waals surface area contributed by atoms with Crippen LogP contribution in [0.25, 0.3) is 0 Å². The summed E-state index contributed by atoms with van der Waals surface area (Å²) in [6, 6.07) is 0. The predicted octanol–water partition coefficient (Wildman–Crippen LogP) is 2.09. The van der Waals surface area contributed by atoms with Crippen molar-refractivity contribution in [3.8, 4) is 0 Å². The minimum absolute atomic E-state index is 0.192. The van der Waals surface area contributed by atoms with Crippen LogP contribution in [0.2, 0.25) is 0 Å². The predicted molar refractivity (Wildman–Crippen MR) is 48.0 cm³/mol. The number of hydrogen-bond donors (Lipinski definition) is 0. The zero-order valence-corrected chi connectivity index (χ0v) is 7.64. The normalized spacial score (nSPS) is 23.1. The molecule has 2 heteroatoms. The van der Waals surface area contributed by atoms with Crippen LogP contribution in [0.15, 0.2) is 12.2 Å². The molecule has 68 valence electrons. The molecule has 0 aromatic carbocycles. The minimum Gasteiger partial charge on any atom is -0.377 e. The number of ketones is 1. The van der Waals surface area contributed by atoms with Gasteiger partial charge in [0.15, 0.2) is 0 Å². The molecule has 0 aromatic heterocycles. The van der Waals surface area contributed by atoms with E-state index in [1.165, 1.54) is 0 Å². The first-order valence-electron chi connectivity index (χ1n) is 4.46. The largest absolute Gasteiger partial charge is 0.377 e. The fraction of sp³-hybridized carbons (Fsp3) is 0.700. The van der Waals surface area contributed by atoms with Gasteiger partial charge in [-0.25, -0.2) is 0 Å². The van der Waals surface area contributed by atoms with Crippen LogP contribution in [0.3, 0.4) is 0 Å². The third-order valence-corrected chi connectivity index (χ3v) is 2.08. The van der Waals surface area contributed by atoms with Crippen LogP contribution >= 0.6 is 0 Å². The summed E-state index contributed by atoms with van der Waals surface area (Å²) in [5, 5.41) is 0. The summed E-state index contributed by atoms with van der Waals surface area (Å²) in [7, 11) is 0. The molecule has 0 aromatic rings. The van der Waals surface area contributed by atoms with Crippen molar-refractivity contribution >= 4 is 5.78 Å². The molecule has 1 fully saturated rings. The van der Waals surface area contributed by atoms with Gasteiger partial charge in [-0.1, -0.05) is 5.57 Å². The second kappa shape index (κ2) is 4.41. The Morgan fingerprint density at radius 1 is 1.75 bits per heavy atom. The van der Waals surface area contributed by atoms with Gasteiger partial charge in [0.05, 0.1) is 12.7 Å². The molecular formula is C10H16O2. The van der Waals surface area contributed by atoms with Crippen LogP contribution in [-0.2, 0) is 9.53 Å². The Morgan fingerprint density at radius 2 is 2.50 bits per heavy atom. The average Bonchev–Trinajstić information content (AvgIpc) is 2.35. The minimum atomic E-state index is 0.192. The molecule has 1 aliphatic carbocycles. The maximum absolute atomic E-state index is 10.9. The molecule has 0 bridgehead atoms. The summed E-state index contributed by atoms with van der Waals surface area (Å²) in [4.78, 5) is 10.9. The van der Waals surface area contributed by atoms with Crippen LogP contribution in [-0.4, -0.2) is 18.5 Å². The summed E-state index contributed by atoms with van der Waals surface area (Å²) < 4.78 is 5.50. The maximum atomic E-state index is 10.9. The number of ether oxygens (including phenoxy) is 1. The molecule has 1 unspecified atom stereocenters. The van der Waals surface area contributed by atoms with Crippen molar-refractivity contribution in [1.29, 1.82) is 0 Å². The number of carbonyl (C=O) groups is 1. The van der Waals surface area contributed by atoms with Crippen LogP contribution in [0.4, 0.5) is 0 Å². The second-order valence-corrected chi connectivity index (χ2v) is 3.48. The van der Waals surface area contributed by atoms with Crippen molar-refractivity contribution in [3.63, 3.8) is 0 Å². The number of rotatable bonds is 4. The molecule has 1 atom stereocenters. The molecule has 0 radical (unpaired) electrons. The third-order valence-electron chi connectivity index (χ3n) is 2.08. The molecule has 0 N–H and O–H groups in total. The highest BCUT2D eigenvalue weighted by Crippen LogP contribution is 2.18. The fourth-order valence-electron chi connectivity index (χ4n) is 1.32. The van der Waals surface area contributed by atoms with E-state index in [1.807, 2.05) is 6.92 Å². The van der Waals surface area contributed by atoms with Gasteiger partial charge in [-0.05, 0) is 19.8 Å². The van der Waals surface area contributed by atoms with Crippen LogP contribution in [0.1, 0.15) is 32.6 Å². The van der Waals surface area contributed by atoms with E-state index in [0.29, 0.717) is 25.2 Å². The summed E-state index contributed by atoms with van der Waals surface area (Å²) in [6.45, 7) is 6.49. The smallest absolute Gasteiger partial charge is 0.135 e. The van der Waals surface area contributed by atoms with E-state index in [-0.39, 0.29) is 6.10 Å². The van der Waals surface area contributed by atoms with Crippen molar-refractivity contribution in [1.82, 2.24) is 0 Å². The lowest BCUT2D eigenvalue weighted by molar-refractivity contribution is -0.118. The Kier molecular flexibility index (Phi) is 3.48. The number of Topliss-reactive ketones (excluding diaryl/α,β-unsaturated/α-hetero) is 1. The first-order valence-corrected chi connectivity index (χ1v) is 4.46. The Bertz CT molecular complexity index is 184. The summed E-state index contributed by atoms with van der Waals surface area (Å²) >= 11 is 0. The average molecular weight is 168 g/mol. The lowest BCUT2D eigenvalue weighted by Gasteiger charge is -2.09. The van der Waals surface area contributed by atoms with Crippen molar-refractivity contribution < 1.29 is 9.53 Å². The number of hydrogen-bond acceptors (Lipinski definition) is 2. The van der Waals surface area contributed by atoms with Gasteiger partial charge in [0.2, 0.25) is 0 Å². The third kappa shape index (κ3) is 3.18. The zero-order valence-electron chi connectivity index (χ0n) is 7.64. The van der Waals surface area contributed by atoms with Crippen molar-refractivity contribution in [3.05, 3.63) is 12.2 Å². The van der Waals surface area contributed by atoms with Crippen LogP contribution in [0, 0.1) is 0 Å². The highest BCUT2D eigenvalue weighted by atomic mass is 16.5. The standard InChI is InChI=1S/C10H16O2/c1-8(2)5-6-12-10-4-3-9(11)7-10/h10H,1,3-7H2,2H3. The van der Waals surface area contributed by atoms with E-state index in [2.05, 4.69) is 6.58 Å². The van der Waals surface area contributed by atoms with Gasteiger partial charge in [-0.3, -0.25) is 4.79 Å². The molecule has 0 heterocycles. The Labute approximate surface area is 73.6 Å². The Hall–Kier alpha value is -0.630. The van der Waals surface area contributed by atoms with E-state index in [0.717, 1.165) is 18.4 Å². The first kappa shape index (κ1) is 9.46. The van der Waals surface area contributed by atoms with Crippen LogP contribution in [0.5, 0.6) is 0 Å². The van der Waals surface area contributed by atoms with Crippen molar-refractivity contribution in [2.75, 3.05) is 6.61 Å². The Morgan fingerprint density at radius 3 is 3.00 bits per heavy atom. The topological polar surface area (TPSA) is 26.3 Å². The molecule has 1 saturated carbocycles. The van der Waals surface area contributed by atoms with Gasteiger partial charge in [0.1, 0.15) is 5.78 Å². The summed E-state index contributed by atoms with van der Waals surface area (Å²) in [5.74, 6) is 0.343. The van der Waals surface area contributed by atoms with E-state index in [9.17, 15) is 4.79 Å². The monoisotopic (exact) mass is 168 g/mol. The molecule has 0 amide bonds. The summed E-state index contributed by atoms with van der Waals surface area (Å²) in [5.41, 5.74) is 1.14. The molecule has 12 heavy (non-hydrogen) atoms.